The molecule has 3 N–H and O–H groups in total. The van der Waals surface area contributed by atoms with E-state index < -0.39 is 0 Å². The minimum atomic E-state index is 0.549. The van der Waals surface area contributed by atoms with Gasteiger partial charge in [-0.2, -0.15) is 0 Å². The van der Waals surface area contributed by atoms with Gasteiger partial charge in [0.25, 0.3) is 0 Å². The van der Waals surface area contributed by atoms with Gasteiger partial charge in [0.2, 0.25) is 0 Å². The number of hydrazine groups is 1. The summed E-state index contributed by atoms with van der Waals surface area (Å²) in [6, 6.07) is 0.583. The zero-order valence-corrected chi connectivity index (χ0v) is 11.9. The third-order valence-corrected chi connectivity index (χ3v) is 6.54. The molecular formula is C16H28N2O. The summed E-state index contributed by atoms with van der Waals surface area (Å²) >= 11 is 0. The molecule has 6 atom stereocenters. The van der Waals surface area contributed by atoms with Gasteiger partial charge in [0.05, 0.1) is 6.10 Å². The van der Waals surface area contributed by atoms with Crippen LogP contribution in [0.3, 0.4) is 0 Å². The maximum Gasteiger partial charge on any atom is 0.0576 e. The molecule has 3 aliphatic carbocycles. The van der Waals surface area contributed by atoms with Crippen molar-refractivity contribution in [2.24, 2.45) is 35.4 Å². The zero-order valence-electron chi connectivity index (χ0n) is 11.9. The number of ether oxygens (including phenoxy) is 1. The lowest BCUT2D eigenvalue weighted by Gasteiger charge is -2.20. The van der Waals surface area contributed by atoms with Crippen LogP contribution < -0.4 is 11.3 Å². The first-order valence-electron chi connectivity index (χ1n) is 8.46. The molecule has 1 saturated heterocycles. The van der Waals surface area contributed by atoms with Crippen LogP contribution in [0.25, 0.3) is 0 Å². The number of nitrogens with one attached hydrogen (secondary N) is 1. The Morgan fingerprint density at radius 3 is 2.58 bits per heavy atom. The molecule has 0 amide bonds. The fourth-order valence-electron chi connectivity index (χ4n) is 5.75. The third kappa shape index (κ3) is 2.14. The Labute approximate surface area is 116 Å². The Bertz CT molecular complexity index is 313. The maximum atomic E-state index is 5.84. The Balaban J connectivity index is 1.26. The number of fused-ring (bicyclic) bond motifs is 5. The molecule has 0 radical (unpaired) electrons. The molecule has 0 spiro atoms. The fourth-order valence-corrected chi connectivity index (χ4v) is 5.75. The topological polar surface area (TPSA) is 47.3 Å². The van der Waals surface area contributed by atoms with E-state index in [-0.39, 0.29) is 0 Å². The lowest BCUT2D eigenvalue weighted by Crippen LogP contribution is -2.38. The second-order valence-electron chi connectivity index (χ2n) is 7.40. The normalized spacial score (nSPS) is 48.5. The van der Waals surface area contributed by atoms with Gasteiger partial charge >= 0.3 is 0 Å². The van der Waals surface area contributed by atoms with E-state index in [9.17, 15) is 0 Å². The molecule has 0 aromatic heterocycles. The highest BCUT2D eigenvalue weighted by atomic mass is 16.5. The van der Waals surface area contributed by atoms with Gasteiger partial charge in [0.1, 0.15) is 0 Å². The molecule has 6 unspecified atom stereocenters. The molecule has 19 heavy (non-hydrogen) atoms. The number of rotatable bonds is 6. The SMILES string of the molecule is NNC(CCCC1CCCO1)C1C2C3CCC(C3)C21. The van der Waals surface area contributed by atoms with Crippen LogP contribution in [-0.2, 0) is 4.74 Å². The van der Waals surface area contributed by atoms with Crippen LogP contribution in [0.1, 0.15) is 51.4 Å². The van der Waals surface area contributed by atoms with Gasteiger partial charge < -0.3 is 4.74 Å². The van der Waals surface area contributed by atoms with Crippen molar-refractivity contribution in [3.05, 3.63) is 0 Å². The number of hydrogen-bond donors (Lipinski definition) is 2. The molecular weight excluding hydrogens is 236 g/mol. The van der Waals surface area contributed by atoms with Crippen molar-refractivity contribution >= 4 is 0 Å². The van der Waals surface area contributed by atoms with Crippen molar-refractivity contribution in [1.82, 2.24) is 5.43 Å². The second-order valence-corrected chi connectivity index (χ2v) is 7.40. The summed E-state index contributed by atoms with van der Waals surface area (Å²) in [5, 5.41) is 0. The van der Waals surface area contributed by atoms with Crippen LogP contribution in [-0.4, -0.2) is 18.8 Å². The van der Waals surface area contributed by atoms with Crippen molar-refractivity contribution < 1.29 is 4.74 Å². The van der Waals surface area contributed by atoms with E-state index in [1.165, 1.54) is 44.9 Å². The summed E-state index contributed by atoms with van der Waals surface area (Å²) in [6.45, 7) is 0.985. The molecule has 1 heterocycles. The number of hydrogen-bond acceptors (Lipinski definition) is 3. The van der Waals surface area contributed by atoms with Crippen LogP contribution in [0, 0.1) is 29.6 Å². The largest absolute Gasteiger partial charge is 0.378 e. The highest BCUT2D eigenvalue weighted by Crippen LogP contribution is 2.70. The smallest absolute Gasteiger partial charge is 0.0576 e. The van der Waals surface area contributed by atoms with Crippen LogP contribution in [0.4, 0.5) is 0 Å². The van der Waals surface area contributed by atoms with E-state index in [1.807, 2.05) is 0 Å². The lowest BCUT2D eigenvalue weighted by molar-refractivity contribution is 0.101. The minimum absolute atomic E-state index is 0.549. The molecule has 0 aromatic rings. The van der Waals surface area contributed by atoms with Crippen molar-refractivity contribution in [2.75, 3.05) is 6.61 Å². The van der Waals surface area contributed by atoms with E-state index in [0.717, 1.165) is 36.2 Å². The first-order chi connectivity index (χ1) is 9.38. The minimum Gasteiger partial charge on any atom is -0.378 e. The zero-order chi connectivity index (χ0) is 12.8. The molecule has 4 fully saturated rings. The van der Waals surface area contributed by atoms with Gasteiger partial charge in [-0.15, -0.1) is 0 Å². The molecule has 2 bridgehead atoms. The third-order valence-electron chi connectivity index (χ3n) is 6.54. The summed E-state index contributed by atoms with van der Waals surface area (Å²) in [5.74, 6) is 11.0. The first kappa shape index (κ1) is 12.6. The first-order valence-corrected chi connectivity index (χ1v) is 8.46. The van der Waals surface area contributed by atoms with E-state index in [0.29, 0.717) is 12.1 Å². The van der Waals surface area contributed by atoms with Gasteiger partial charge in [-0.25, -0.2) is 0 Å². The Morgan fingerprint density at radius 2 is 1.95 bits per heavy atom. The molecule has 4 rings (SSSR count). The quantitative estimate of drug-likeness (QED) is 0.572. The average molecular weight is 264 g/mol. The highest BCUT2D eigenvalue weighted by Gasteiger charge is 2.66. The molecule has 1 aliphatic heterocycles. The molecule has 3 heteroatoms. The van der Waals surface area contributed by atoms with E-state index in [2.05, 4.69) is 5.43 Å². The summed E-state index contributed by atoms with van der Waals surface area (Å²) in [5.41, 5.74) is 3.15. The van der Waals surface area contributed by atoms with Crippen molar-refractivity contribution in [3.63, 3.8) is 0 Å². The van der Waals surface area contributed by atoms with E-state index in [4.69, 9.17) is 10.6 Å². The van der Waals surface area contributed by atoms with Crippen molar-refractivity contribution in [1.29, 1.82) is 0 Å². The van der Waals surface area contributed by atoms with Gasteiger partial charge in [0.15, 0.2) is 0 Å². The van der Waals surface area contributed by atoms with Gasteiger partial charge in [-0.1, -0.05) is 0 Å². The fraction of sp³-hybridized carbons (Fsp3) is 1.00. The summed E-state index contributed by atoms with van der Waals surface area (Å²) < 4.78 is 5.71. The Kier molecular flexibility index (Phi) is 3.33. The van der Waals surface area contributed by atoms with Crippen LogP contribution in [0.5, 0.6) is 0 Å². The molecule has 3 nitrogen and oxygen atoms in total. The summed E-state index contributed by atoms with van der Waals surface area (Å²) in [7, 11) is 0. The van der Waals surface area contributed by atoms with Gasteiger partial charge in [0, 0.05) is 12.6 Å². The van der Waals surface area contributed by atoms with Gasteiger partial charge in [-0.05, 0) is 81.0 Å². The Hall–Kier alpha value is -0.120. The standard InChI is InChI=1S/C16H28N2O/c17-18-13(5-1-3-12-4-2-8-19-12)16-14-10-6-7-11(9-10)15(14)16/h10-16,18H,1-9,17H2. The predicted molar refractivity (Wildman–Crippen MR) is 75.2 cm³/mol. The van der Waals surface area contributed by atoms with E-state index >= 15 is 0 Å². The van der Waals surface area contributed by atoms with Gasteiger partial charge in [-0.3, -0.25) is 11.3 Å². The van der Waals surface area contributed by atoms with Crippen LogP contribution in [0.2, 0.25) is 0 Å². The van der Waals surface area contributed by atoms with E-state index in [1.54, 1.807) is 6.42 Å². The lowest BCUT2D eigenvalue weighted by atomic mass is 9.94. The summed E-state index contributed by atoms with van der Waals surface area (Å²) in [4.78, 5) is 0. The molecule has 4 aliphatic rings. The molecule has 108 valence electrons. The Morgan fingerprint density at radius 1 is 1.16 bits per heavy atom. The average Bonchev–Trinajstić information content (AvgIpc) is 2.85. The van der Waals surface area contributed by atoms with Crippen LogP contribution in [0.15, 0.2) is 0 Å². The monoisotopic (exact) mass is 264 g/mol. The number of nitrogens with two attached hydrogens (primary N) is 1. The molecule has 0 aromatic carbocycles. The van der Waals surface area contributed by atoms with Crippen molar-refractivity contribution in [3.8, 4) is 0 Å². The predicted octanol–water partition coefficient (Wildman–Crippen LogP) is 2.46. The second kappa shape index (κ2) is 5.01. The highest BCUT2D eigenvalue weighted by molar-refractivity contribution is 5.15. The maximum absolute atomic E-state index is 5.84. The van der Waals surface area contributed by atoms with Crippen LogP contribution >= 0.6 is 0 Å². The van der Waals surface area contributed by atoms with Crippen molar-refractivity contribution in [2.45, 2.75) is 63.5 Å². The molecule has 3 saturated carbocycles. The summed E-state index contributed by atoms with van der Waals surface area (Å²) in [6.07, 6.45) is 11.4.